The Labute approximate surface area is 156 Å². The first-order valence-electron chi connectivity index (χ1n) is 8.80. The predicted octanol–water partition coefficient (Wildman–Crippen LogP) is 4.37. The predicted molar refractivity (Wildman–Crippen MR) is 106 cm³/mol. The minimum absolute atomic E-state index is 0.0321. The summed E-state index contributed by atoms with van der Waals surface area (Å²) in [5.74, 6) is 2.09. The zero-order valence-corrected chi connectivity index (χ0v) is 15.4. The molecule has 0 aliphatic rings. The number of aromatic amines is 1. The molecule has 0 saturated heterocycles. The van der Waals surface area contributed by atoms with Gasteiger partial charge in [-0.2, -0.15) is 0 Å². The highest BCUT2D eigenvalue weighted by Gasteiger charge is 2.12. The molecule has 0 saturated carbocycles. The topological polar surface area (TPSA) is 83.8 Å². The number of pyridine rings is 1. The van der Waals surface area contributed by atoms with Crippen LogP contribution < -0.4 is 10.9 Å². The van der Waals surface area contributed by atoms with Crippen molar-refractivity contribution in [2.75, 3.05) is 5.32 Å². The molecule has 27 heavy (non-hydrogen) atoms. The van der Waals surface area contributed by atoms with E-state index in [9.17, 15) is 4.79 Å². The number of aryl methyl sites for hydroxylation is 1. The van der Waals surface area contributed by atoms with Gasteiger partial charge in [0, 0.05) is 28.4 Å². The van der Waals surface area contributed by atoms with Crippen LogP contribution >= 0.6 is 0 Å². The molecule has 2 N–H and O–H groups in total. The van der Waals surface area contributed by atoms with Crippen molar-refractivity contribution >= 4 is 16.8 Å². The molecule has 0 bridgehead atoms. The fourth-order valence-corrected chi connectivity index (χ4v) is 2.91. The molecular weight excluding hydrogens is 340 g/mol. The molecule has 0 unspecified atom stereocenters. The summed E-state index contributed by atoms with van der Waals surface area (Å²) in [6, 6.07) is 13.7. The van der Waals surface area contributed by atoms with E-state index < -0.39 is 0 Å². The summed E-state index contributed by atoms with van der Waals surface area (Å²) >= 11 is 0. The Morgan fingerprint density at radius 1 is 1.15 bits per heavy atom. The summed E-state index contributed by atoms with van der Waals surface area (Å²) in [5.41, 5.74) is 2.85. The van der Waals surface area contributed by atoms with Gasteiger partial charge in [0.15, 0.2) is 0 Å². The number of hydrogen-bond acceptors (Lipinski definition) is 5. The van der Waals surface area contributed by atoms with Crippen LogP contribution in [0.1, 0.15) is 30.0 Å². The molecule has 0 aliphatic carbocycles. The first kappa shape index (κ1) is 17.0. The van der Waals surface area contributed by atoms with Gasteiger partial charge in [0.1, 0.15) is 23.0 Å². The average molecular weight is 360 g/mol. The van der Waals surface area contributed by atoms with E-state index in [4.69, 9.17) is 4.42 Å². The maximum Gasteiger partial charge on any atom is 0.254 e. The number of nitrogens with one attached hydrogen (secondary N) is 2. The Balaban J connectivity index is 1.54. The van der Waals surface area contributed by atoms with E-state index in [1.807, 2.05) is 56.3 Å². The molecule has 3 heterocycles. The van der Waals surface area contributed by atoms with E-state index in [0.717, 1.165) is 33.8 Å². The second-order valence-electron chi connectivity index (χ2n) is 6.61. The lowest BCUT2D eigenvalue weighted by molar-refractivity contribution is 0.525. The minimum atomic E-state index is -0.127. The first-order chi connectivity index (χ1) is 13.0. The fourth-order valence-electron chi connectivity index (χ4n) is 2.91. The lowest BCUT2D eigenvalue weighted by atomic mass is 10.2. The van der Waals surface area contributed by atoms with Gasteiger partial charge in [-0.25, -0.2) is 9.97 Å². The molecular formula is C21H20N4O2. The zero-order chi connectivity index (χ0) is 19.0. The molecule has 6 heteroatoms. The molecule has 136 valence electrons. The van der Waals surface area contributed by atoms with Crippen LogP contribution in [0.4, 0.5) is 5.82 Å². The van der Waals surface area contributed by atoms with Gasteiger partial charge in [-0.1, -0.05) is 18.2 Å². The summed E-state index contributed by atoms with van der Waals surface area (Å²) in [6.45, 7) is 5.61. The van der Waals surface area contributed by atoms with Crippen molar-refractivity contribution in [2.24, 2.45) is 0 Å². The van der Waals surface area contributed by atoms with Gasteiger partial charge < -0.3 is 14.7 Å². The van der Waals surface area contributed by atoms with Gasteiger partial charge in [0.05, 0.1) is 6.04 Å². The lowest BCUT2D eigenvalue weighted by Gasteiger charge is -2.12. The molecule has 0 radical (unpaired) electrons. The molecule has 4 aromatic rings. The van der Waals surface area contributed by atoms with Crippen molar-refractivity contribution < 1.29 is 4.42 Å². The Morgan fingerprint density at radius 3 is 2.67 bits per heavy atom. The molecule has 0 fully saturated rings. The van der Waals surface area contributed by atoms with Crippen LogP contribution in [-0.2, 0) is 0 Å². The number of para-hydroxylation sites is 1. The van der Waals surface area contributed by atoms with Crippen molar-refractivity contribution in [1.29, 1.82) is 0 Å². The normalized spacial score (nSPS) is 12.3. The van der Waals surface area contributed by atoms with Gasteiger partial charge in [0.25, 0.3) is 5.56 Å². The van der Waals surface area contributed by atoms with Crippen LogP contribution in [0.3, 0.4) is 0 Å². The Bertz CT molecular complexity index is 1130. The second kappa shape index (κ2) is 6.72. The highest BCUT2D eigenvalue weighted by Crippen LogP contribution is 2.26. The average Bonchev–Trinajstić information content (AvgIpc) is 3.11. The molecule has 0 aliphatic heterocycles. The summed E-state index contributed by atoms with van der Waals surface area (Å²) in [6.07, 6.45) is 1.70. The smallest absolute Gasteiger partial charge is 0.254 e. The second-order valence-corrected chi connectivity index (χ2v) is 6.61. The number of hydrogen-bond donors (Lipinski definition) is 2. The number of aromatic nitrogens is 3. The van der Waals surface area contributed by atoms with Crippen LogP contribution in [-0.4, -0.2) is 15.0 Å². The molecule has 1 atom stereocenters. The highest BCUT2D eigenvalue weighted by atomic mass is 16.3. The highest BCUT2D eigenvalue weighted by molar-refractivity contribution is 5.77. The van der Waals surface area contributed by atoms with Crippen molar-refractivity contribution in [3.8, 4) is 11.4 Å². The maximum atomic E-state index is 11.9. The van der Waals surface area contributed by atoms with E-state index in [-0.39, 0.29) is 11.6 Å². The van der Waals surface area contributed by atoms with Gasteiger partial charge in [0.2, 0.25) is 0 Å². The van der Waals surface area contributed by atoms with Crippen LogP contribution in [0.2, 0.25) is 0 Å². The minimum Gasteiger partial charge on any atom is -0.459 e. The summed E-state index contributed by atoms with van der Waals surface area (Å²) in [4.78, 5) is 23.6. The quantitative estimate of drug-likeness (QED) is 0.565. The van der Waals surface area contributed by atoms with E-state index in [2.05, 4.69) is 20.3 Å². The van der Waals surface area contributed by atoms with E-state index in [1.54, 1.807) is 13.1 Å². The summed E-state index contributed by atoms with van der Waals surface area (Å²) in [5, 5.41) is 4.41. The fraction of sp³-hybridized carbons (Fsp3) is 0.190. The monoisotopic (exact) mass is 360 g/mol. The Morgan fingerprint density at radius 2 is 1.96 bits per heavy atom. The molecule has 4 rings (SSSR count). The number of fused-ring (bicyclic) bond motifs is 1. The number of furan rings is 1. The number of H-pyrrole nitrogens is 1. The van der Waals surface area contributed by atoms with E-state index in [0.29, 0.717) is 11.4 Å². The van der Waals surface area contributed by atoms with Crippen molar-refractivity contribution in [3.05, 3.63) is 76.0 Å². The largest absolute Gasteiger partial charge is 0.459 e. The van der Waals surface area contributed by atoms with Crippen molar-refractivity contribution in [2.45, 2.75) is 26.8 Å². The van der Waals surface area contributed by atoms with E-state index >= 15 is 0 Å². The van der Waals surface area contributed by atoms with Crippen LogP contribution in [0.25, 0.3) is 22.4 Å². The van der Waals surface area contributed by atoms with E-state index in [1.165, 1.54) is 0 Å². The van der Waals surface area contributed by atoms with Gasteiger partial charge >= 0.3 is 0 Å². The first-order valence-corrected chi connectivity index (χ1v) is 8.80. The van der Waals surface area contributed by atoms with Crippen LogP contribution in [0.5, 0.6) is 0 Å². The third-order valence-corrected chi connectivity index (χ3v) is 4.67. The summed E-state index contributed by atoms with van der Waals surface area (Å²) < 4.78 is 5.89. The van der Waals surface area contributed by atoms with Crippen molar-refractivity contribution in [1.82, 2.24) is 15.0 Å². The number of benzene rings is 1. The molecule has 0 spiro atoms. The lowest BCUT2D eigenvalue weighted by Crippen LogP contribution is -2.14. The molecule has 3 aromatic heterocycles. The van der Waals surface area contributed by atoms with Gasteiger partial charge in [-0.15, -0.1) is 0 Å². The molecule has 1 aromatic carbocycles. The summed E-state index contributed by atoms with van der Waals surface area (Å²) in [7, 11) is 0. The maximum absolute atomic E-state index is 11.9. The number of rotatable bonds is 4. The third-order valence-electron chi connectivity index (χ3n) is 4.67. The van der Waals surface area contributed by atoms with Crippen molar-refractivity contribution in [3.63, 3.8) is 0 Å². The Hall–Kier alpha value is -3.41. The van der Waals surface area contributed by atoms with Gasteiger partial charge in [-0.3, -0.25) is 4.79 Å². The van der Waals surface area contributed by atoms with Gasteiger partial charge in [-0.05, 0) is 45.0 Å². The molecule has 0 amide bonds. The molecule has 6 nitrogen and oxygen atoms in total. The Kier molecular flexibility index (Phi) is 4.24. The number of nitrogens with zero attached hydrogens (tertiary/aromatic N) is 2. The SMILES string of the molecule is Cc1nc(-c2ccc(N[C@H](C)c3cc4ccccc4o3)nc2)[nH]c(=O)c1C. The van der Waals surface area contributed by atoms with Crippen LogP contribution in [0.15, 0.2) is 57.9 Å². The number of anilines is 1. The third kappa shape index (κ3) is 3.33. The van der Waals surface area contributed by atoms with Crippen LogP contribution in [0, 0.1) is 13.8 Å². The zero-order valence-electron chi connectivity index (χ0n) is 15.4. The standard InChI is InChI=1S/C21H20N4O2/c1-12-13(2)24-20(25-21(12)26)16-8-9-19(22-11-16)23-14(3)18-10-15-6-4-5-7-17(15)27-18/h4-11,14H,1-3H3,(H,22,23)(H,24,25,26)/t14-/m1/s1.